The Morgan fingerprint density at radius 3 is 2.75 bits per heavy atom. The minimum Gasteiger partial charge on any atom is -0.256 e. The average Bonchev–Trinajstić information content (AvgIpc) is 2.33. The molecule has 80 valence electrons. The van der Waals surface area contributed by atoms with Crippen molar-refractivity contribution >= 4 is 6.08 Å². The van der Waals surface area contributed by atoms with E-state index in [-0.39, 0.29) is 5.82 Å². The van der Waals surface area contributed by atoms with Gasteiger partial charge >= 0.3 is 0 Å². The molecule has 0 unspecified atom stereocenters. The third-order valence-electron chi connectivity index (χ3n) is 2.29. The third-order valence-corrected chi connectivity index (χ3v) is 2.29. The second-order valence-corrected chi connectivity index (χ2v) is 3.45. The minimum atomic E-state index is -0.244. The quantitative estimate of drug-likeness (QED) is 0.736. The van der Waals surface area contributed by atoms with Gasteiger partial charge in [-0.15, -0.1) is 0 Å². The summed E-state index contributed by atoms with van der Waals surface area (Å²) in [5, 5.41) is 0. The first kappa shape index (κ1) is 10.6. The highest BCUT2D eigenvalue weighted by Gasteiger charge is 2.05. The van der Waals surface area contributed by atoms with Gasteiger partial charge in [-0.3, -0.25) is 4.98 Å². The summed E-state index contributed by atoms with van der Waals surface area (Å²) in [4.78, 5) is 4.15. The maximum atomic E-state index is 13.6. The Morgan fingerprint density at radius 1 is 1.19 bits per heavy atom. The van der Waals surface area contributed by atoms with Crippen molar-refractivity contribution in [2.75, 3.05) is 0 Å². The first-order valence-electron chi connectivity index (χ1n) is 5.15. The van der Waals surface area contributed by atoms with E-state index in [1.807, 2.05) is 31.2 Å². The smallest absolute Gasteiger partial charge is 0.132 e. The molecular formula is C14H12FN. The van der Waals surface area contributed by atoms with E-state index in [9.17, 15) is 4.39 Å². The number of halogens is 1. The van der Waals surface area contributed by atoms with Crippen LogP contribution in [0, 0.1) is 5.82 Å². The Kier molecular flexibility index (Phi) is 3.10. The lowest BCUT2D eigenvalue weighted by atomic mass is 10.1. The average molecular weight is 213 g/mol. The fraction of sp³-hybridized carbons (Fsp3) is 0.0714. The molecule has 0 amide bonds. The number of allylic oxidation sites excluding steroid dienone is 1. The van der Waals surface area contributed by atoms with Gasteiger partial charge in [-0.25, -0.2) is 4.39 Å². The van der Waals surface area contributed by atoms with Crippen molar-refractivity contribution in [3.8, 4) is 11.3 Å². The molecule has 0 saturated heterocycles. The van der Waals surface area contributed by atoms with Crippen molar-refractivity contribution < 1.29 is 4.39 Å². The molecule has 2 heteroatoms. The van der Waals surface area contributed by atoms with Crippen LogP contribution >= 0.6 is 0 Å². The number of aromatic nitrogens is 1. The summed E-state index contributed by atoms with van der Waals surface area (Å²) < 4.78 is 13.6. The minimum absolute atomic E-state index is 0.244. The van der Waals surface area contributed by atoms with Gasteiger partial charge in [0.25, 0.3) is 0 Å². The van der Waals surface area contributed by atoms with Crippen LogP contribution in [-0.4, -0.2) is 4.98 Å². The van der Waals surface area contributed by atoms with Crippen molar-refractivity contribution in [1.82, 2.24) is 4.98 Å². The number of hydrogen-bond acceptors (Lipinski definition) is 1. The van der Waals surface area contributed by atoms with Crippen molar-refractivity contribution in [3.05, 3.63) is 60.1 Å². The molecule has 0 N–H and O–H groups in total. The number of benzene rings is 1. The van der Waals surface area contributed by atoms with E-state index in [2.05, 4.69) is 4.98 Å². The maximum Gasteiger partial charge on any atom is 0.132 e. The molecule has 0 radical (unpaired) electrons. The van der Waals surface area contributed by atoms with E-state index in [0.29, 0.717) is 11.3 Å². The molecule has 2 aromatic rings. The summed E-state index contributed by atoms with van der Waals surface area (Å²) in [5.41, 5.74) is 2.17. The molecule has 0 aliphatic heterocycles. The van der Waals surface area contributed by atoms with Gasteiger partial charge in [-0.2, -0.15) is 0 Å². The zero-order chi connectivity index (χ0) is 11.4. The predicted octanol–water partition coefficient (Wildman–Crippen LogP) is 3.92. The lowest BCUT2D eigenvalue weighted by Crippen LogP contribution is -1.88. The molecular weight excluding hydrogens is 201 g/mol. The molecule has 0 aliphatic carbocycles. The Hall–Kier alpha value is -1.96. The molecule has 16 heavy (non-hydrogen) atoms. The lowest BCUT2D eigenvalue weighted by molar-refractivity contribution is 0.630. The highest BCUT2D eigenvalue weighted by molar-refractivity contribution is 5.64. The van der Waals surface area contributed by atoms with E-state index in [0.717, 1.165) is 5.56 Å². The highest BCUT2D eigenvalue weighted by Crippen LogP contribution is 2.22. The van der Waals surface area contributed by atoms with Crippen LogP contribution in [0.4, 0.5) is 4.39 Å². The van der Waals surface area contributed by atoms with E-state index in [4.69, 9.17) is 0 Å². The summed E-state index contributed by atoms with van der Waals surface area (Å²) in [6, 6.07) is 10.5. The molecule has 1 aromatic heterocycles. The molecule has 0 spiro atoms. The first-order chi connectivity index (χ1) is 7.81. The van der Waals surface area contributed by atoms with Crippen LogP contribution in [0.3, 0.4) is 0 Å². The summed E-state index contributed by atoms with van der Waals surface area (Å²) in [6.45, 7) is 1.93. The van der Waals surface area contributed by atoms with Crippen LogP contribution in [0.25, 0.3) is 17.3 Å². The largest absolute Gasteiger partial charge is 0.256 e. The van der Waals surface area contributed by atoms with Gasteiger partial charge in [0.15, 0.2) is 0 Å². The zero-order valence-corrected chi connectivity index (χ0v) is 9.02. The second kappa shape index (κ2) is 4.71. The standard InChI is InChI=1S/C14H12FN/c1-2-5-11-7-8-13(15)12(10-11)14-6-3-4-9-16-14/h2-10H,1H3/b5-2+. The number of hydrogen-bond donors (Lipinski definition) is 0. The SMILES string of the molecule is C/C=C/c1ccc(F)c(-c2ccccn2)c1. The van der Waals surface area contributed by atoms with E-state index < -0.39 is 0 Å². The van der Waals surface area contributed by atoms with Crippen molar-refractivity contribution in [3.63, 3.8) is 0 Å². The van der Waals surface area contributed by atoms with Crippen LogP contribution in [0.15, 0.2) is 48.7 Å². The van der Waals surface area contributed by atoms with Gasteiger partial charge in [-0.05, 0) is 36.8 Å². The summed E-state index contributed by atoms with van der Waals surface area (Å²) >= 11 is 0. The topological polar surface area (TPSA) is 12.9 Å². The van der Waals surface area contributed by atoms with Crippen molar-refractivity contribution in [2.24, 2.45) is 0 Å². The van der Waals surface area contributed by atoms with Crippen LogP contribution in [-0.2, 0) is 0 Å². The number of rotatable bonds is 2. The second-order valence-electron chi connectivity index (χ2n) is 3.45. The van der Waals surface area contributed by atoms with Gasteiger partial charge in [0.1, 0.15) is 5.82 Å². The third kappa shape index (κ3) is 2.16. The Labute approximate surface area is 94.3 Å². The molecule has 0 saturated carbocycles. The Bertz CT molecular complexity index is 503. The van der Waals surface area contributed by atoms with E-state index >= 15 is 0 Å². The molecule has 1 nitrogen and oxygen atoms in total. The summed E-state index contributed by atoms with van der Waals surface area (Å²) in [7, 11) is 0. The zero-order valence-electron chi connectivity index (χ0n) is 9.02. The highest BCUT2D eigenvalue weighted by atomic mass is 19.1. The van der Waals surface area contributed by atoms with Crippen LogP contribution < -0.4 is 0 Å². The van der Waals surface area contributed by atoms with E-state index in [1.54, 1.807) is 24.4 Å². The predicted molar refractivity (Wildman–Crippen MR) is 64.3 cm³/mol. The molecule has 0 bridgehead atoms. The number of nitrogens with zero attached hydrogens (tertiary/aromatic N) is 1. The van der Waals surface area contributed by atoms with Crippen LogP contribution in [0.1, 0.15) is 12.5 Å². The van der Waals surface area contributed by atoms with Gasteiger partial charge in [0, 0.05) is 11.8 Å². The van der Waals surface area contributed by atoms with Gasteiger partial charge < -0.3 is 0 Å². The van der Waals surface area contributed by atoms with Gasteiger partial charge in [0.2, 0.25) is 0 Å². The molecule has 1 aromatic carbocycles. The number of pyridine rings is 1. The molecule has 0 aliphatic rings. The van der Waals surface area contributed by atoms with Gasteiger partial charge in [-0.1, -0.05) is 24.3 Å². The summed E-state index contributed by atoms with van der Waals surface area (Å²) in [5.74, 6) is -0.244. The molecule has 0 fully saturated rings. The molecule has 1 heterocycles. The normalized spacial score (nSPS) is 10.9. The van der Waals surface area contributed by atoms with E-state index in [1.165, 1.54) is 6.07 Å². The first-order valence-corrected chi connectivity index (χ1v) is 5.15. The lowest BCUT2D eigenvalue weighted by Gasteiger charge is -2.03. The fourth-order valence-electron chi connectivity index (χ4n) is 1.56. The summed E-state index contributed by atoms with van der Waals surface area (Å²) in [6.07, 6.45) is 5.53. The fourth-order valence-corrected chi connectivity index (χ4v) is 1.56. The van der Waals surface area contributed by atoms with Crippen LogP contribution in [0.5, 0.6) is 0 Å². The molecule has 0 atom stereocenters. The van der Waals surface area contributed by atoms with Crippen molar-refractivity contribution in [1.29, 1.82) is 0 Å². The maximum absolute atomic E-state index is 13.6. The van der Waals surface area contributed by atoms with Gasteiger partial charge in [0.05, 0.1) is 5.69 Å². The Morgan fingerprint density at radius 2 is 2.06 bits per heavy atom. The van der Waals surface area contributed by atoms with Crippen LogP contribution in [0.2, 0.25) is 0 Å². The van der Waals surface area contributed by atoms with Crippen molar-refractivity contribution in [2.45, 2.75) is 6.92 Å². The monoisotopic (exact) mass is 213 g/mol. The Balaban J connectivity index is 2.51. The molecule has 2 rings (SSSR count).